The first-order valence-electron chi connectivity index (χ1n) is 12.2. The van der Waals surface area contributed by atoms with Gasteiger partial charge in [0, 0.05) is 19.1 Å². The van der Waals surface area contributed by atoms with E-state index in [1.54, 1.807) is 17.1 Å². The summed E-state index contributed by atoms with van der Waals surface area (Å²) in [5.74, 6) is -2.45. The van der Waals surface area contributed by atoms with Crippen LogP contribution in [0.15, 0.2) is 25.3 Å². The van der Waals surface area contributed by atoms with E-state index < -0.39 is 35.6 Å². The summed E-state index contributed by atoms with van der Waals surface area (Å²) in [5.41, 5.74) is -1.07. The number of rotatable bonds is 13. The number of likely N-dealkylation sites (tertiary alicyclic amines) is 1. The van der Waals surface area contributed by atoms with E-state index in [2.05, 4.69) is 20.1 Å². The standard InChI is InChI=1S/C25H38N2O6/c1-5-8-9-16-32-24(31)19-18-11-12-25(33-18)20(19)22(29)27(14-15-28)21(25)23(30)26(13-7-3)17(4)10-6-2/h5,7,17-21,28H,1,3,6,8-16H2,2,4H3/t17?,18-,19+,20-,21?,25?/m0/s1. The highest BCUT2D eigenvalue weighted by molar-refractivity contribution is 5.98. The first kappa shape index (κ1) is 25.4. The predicted molar refractivity (Wildman–Crippen MR) is 123 cm³/mol. The van der Waals surface area contributed by atoms with Crippen LogP contribution in [0.2, 0.25) is 0 Å². The maximum absolute atomic E-state index is 13.9. The van der Waals surface area contributed by atoms with E-state index in [1.165, 1.54) is 4.90 Å². The molecule has 1 spiro atoms. The average molecular weight is 463 g/mol. The van der Waals surface area contributed by atoms with Crippen molar-refractivity contribution >= 4 is 17.8 Å². The molecule has 0 saturated carbocycles. The SMILES string of the molecule is C=CCCCOC(=O)[C@@H]1[C@@H]2CCC3(O2)C(C(=O)N(CC=C)C(C)CCC)N(CCO)C(=O)[C@H]13. The Kier molecular flexibility index (Phi) is 8.34. The number of amides is 2. The molecule has 3 saturated heterocycles. The Hall–Kier alpha value is -2.19. The van der Waals surface area contributed by atoms with Gasteiger partial charge in [-0.3, -0.25) is 14.4 Å². The number of carbonyl (C=O) groups is 3. The van der Waals surface area contributed by atoms with Crippen LogP contribution in [0.3, 0.4) is 0 Å². The number of hydrogen-bond acceptors (Lipinski definition) is 6. The number of unbranched alkanes of at least 4 members (excludes halogenated alkanes) is 1. The van der Waals surface area contributed by atoms with Crippen LogP contribution in [0.5, 0.6) is 0 Å². The monoisotopic (exact) mass is 462 g/mol. The number of esters is 1. The van der Waals surface area contributed by atoms with Crippen LogP contribution in [-0.4, -0.2) is 82.8 Å². The number of nitrogens with zero attached hydrogens (tertiary/aromatic N) is 2. The smallest absolute Gasteiger partial charge is 0.312 e. The summed E-state index contributed by atoms with van der Waals surface area (Å²) in [4.78, 5) is 43.7. The van der Waals surface area contributed by atoms with E-state index in [9.17, 15) is 19.5 Å². The maximum Gasteiger partial charge on any atom is 0.312 e. The molecule has 33 heavy (non-hydrogen) atoms. The zero-order valence-corrected chi connectivity index (χ0v) is 19.9. The fraction of sp³-hybridized carbons (Fsp3) is 0.720. The maximum atomic E-state index is 13.9. The topological polar surface area (TPSA) is 96.4 Å². The summed E-state index contributed by atoms with van der Waals surface area (Å²) in [6.07, 6.45) is 7.28. The fourth-order valence-electron chi connectivity index (χ4n) is 5.90. The Bertz CT molecular complexity index is 770. The van der Waals surface area contributed by atoms with Gasteiger partial charge in [0.1, 0.15) is 11.6 Å². The molecule has 3 aliphatic rings. The van der Waals surface area contributed by atoms with Gasteiger partial charge in [-0.2, -0.15) is 0 Å². The van der Waals surface area contributed by atoms with Gasteiger partial charge < -0.3 is 24.4 Å². The Morgan fingerprint density at radius 1 is 1.39 bits per heavy atom. The number of carbonyl (C=O) groups excluding carboxylic acids is 3. The lowest BCUT2D eigenvalue weighted by atomic mass is 9.70. The van der Waals surface area contributed by atoms with Crippen molar-refractivity contribution in [2.24, 2.45) is 11.8 Å². The van der Waals surface area contributed by atoms with Crippen molar-refractivity contribution in [1.29, 1.82) is 0 Å². The van der Waals surface area contributed by atoms with Crippen molar-refractivity contribution in [1.82, 2.24) is 9.80 Å². The molecule has 3 rings (SSSR count). The van der Waals surface area contributed by atoms with Crippen LogP contribution in [0.1, 0.15) is 52.4 Å². The summed E-state index contributed by atoms with van der Waals surface area (Å²) in [5, 5.41) is 9.68. The second-order valence-corrected chi connectivity index (χ2v) is 9.33. The third-order valence-electron chi connectivity index (χ3n) is 7.29. The molecule has 3 heterocycles. The van der Waals surface area contributed by atoms with E-state index in [0.29, 0.717) is 25.8 Å². The molecule has 3 fully saturated rings. The lowest BCUT2D eigenvalue weighted by molar-refractivity contribution is -0.155. The second kappa shape index (κ2) is 10.8. The minimum absolute atomic E-state index is 0.0205. The average Bonchev–Trinajstić information content (AvgIpc) is 3.43. The molecular weight excluding hydrogens is 424 g/mol. The van der Waals surface area contributed by atoms with Crippen LogP contribution in [-0.2, 0) is 23.9 Å². The Balaban J connectivity index is 1.91. The third-order valence-corrected chi connectivity index (χ3v) is 7.29. The number of aliphatic hydroxyl groups excluding tert-OH is 1. The molecule has 0 aromatic heterocycles. The quantitative estimate of drug-likeness (QED) is 0.256. The fourth-order valence-corrected chi connectivity index (χ4v) is 5.90. The summed E-state index contributed by atoms with van der Waals surface area (Å²) < 4.78 is 11.8. The number of allylic oxidation sites excluding steroid dienone is 1. The van der Waals surface area contributed by atoms with E-state index in [0.717, 1.165) is 19.3 Å². The van der Waals surface area contributed by atoms with Gasteiger partial charge >= 0.3 is 5.97 Å². The highest BCUT2D eigenvalue weighted by Crippen LogP contribution is 2.58. The van der Waals surface area contributed by atoms with Gasteiger partial charge in [-0.05, 0) is 39.0 Å². The molecule has 8 heteroatoms. The van der Waals surface area contributed by atoms with Gasteiger partial charge in [0.2, 0.25) is 11.8 Å². The Morgan fingerprint density at radius 3 is 2.79 bits per heavy atom. The van der Waals surface area contributed by atoms with Crippen LogP contribution in [0, 0.1) is 11.8 Å². The largest absolute Gasteiger partial charge is 0.465 e. The zero-order valence-electron chi connectivity index (χ0n) is 19.9. The zero-order chi connectivity index (χ0) is 24.2. The molecular formula is C25H38N2O6. The second-order valence-electron chi connectivity index (χ2n) is 9.33. The minimum Gasteiger partial charge on any atom is -0.465 e. The molecule has 0 aromatic carbocycles. The molecule has 2 bridgehead atoms. The number of fused-ring (bicyclic) bond motifs is 1. The molecule has 8 nitrogen and oxygen atoms in total. The summed E-state index contributed by atoms with van der Waals surface area (Å²) in [6, 6.07) is -0.906. The summed E-state index contributed by atoms with van der Waals surface area (Å²) >= 11 is 0. The molecule has 3 aliphatic heterocycles. The Labute approximate surface area is 196 Å². The van der Waals surface area contributed by atoms with Crippen LogP contribution in [0.4, 0.5) is 0 Å². The first-order valence-corrected chi connectivity index (χ1v) is 12.2. The number of ether oxygens (including phenoxy) is 2. The van der Waals surface area contributed by atoms with Gasteiger partial charge in [0.25, 0.3) is 0 Å². The van der Waals surface area contributed by atoms with Crippen LogP contribution in [0.25, 0.3) is 0 Å². The van der Waals surface area contributed by atoms with E-state index in [4.69, 9.17) is 9.47 Å². The van der Waals surface area contributed by atoms with Crippen molar-refractivity contribution in [2.45, 2.75) is 76.2 Å². The molecule has 6 atom stereocenters. The molecule has 184 valence electrons. The van der Waals surface area contributed by atoms with E-state index in [1.807, 2.05) is 6.92 Å². The summed E-state index contributed by atoms with van der Waals surface area (Å²) in [7, 11) is 0. The number of aliphatic hydroxyl groups is 1. The molecule has 0 aromatic rings. The summed E-state index contributed by atoms with van der Waals surface area (Å²) in [6.45, 7) is 11.9. The molecule has 0 radical (unpaired) electrons. The number of hydrogen-bond donors (Lipinski definition) is 1. The first-order chi connectivity index (χ1) is 15.9. The highest BCUT2D eigenvalue weighted by Gasteiger charge is 2.75. The van der Waals surface area contributed by atoms with Crippen LogP contribution >= 0.6 is 0 Å². The van der Waals surface area contributed by atoms with Crippen LogP contribution < -0.4 is 0 Å². The van der Waals surface area contributed by atoms with Gasteiger partial charge in [-0.15, -0.1) is 13.2 Å². The van der Waals surface area contributed by atoms with E-state index >= 15 is 0 Å². The Morgan fingerprint density at radius 2 is 2.15 bits per heavy atom. The molecule has 0 aliphatic carbocycles. The van der Waals surface area contributed by atoms with Gasteiger partial charge in [0.15, 0.2) is 0 Å². The lowest BCUT2D eigenvalue weighted by Gasteiger charge is -2.38. The van der Waals surface area contributed by atoms with Crippen molar-refractivity contribution in [3.8, 4) is 0 Å². The van der Waals surface area contributed by atoms with Crippen molar-refractivity contribution in [3.05, 3.63) is 25.3 Å². The molecule has 3 unspecified atom stereocenters. The highest BCUT2D eigenvalue weighted by atomic mass is 16.6. The minimum atomic E-state index is -1.07. The van der Waals surface area contributed by atoms with Crippen molar-refractivity contribution < 1.29 is 29.0 Å². The molecule has 1 N–H and O–H groups in total. The molecule has 2 amide bonds. The van der Waals surface area contributed by atoms with Gasteiger partial charge in [-0.25, -0.2) is 0 Å². The number of β-amino-alcohol motifs (C(OH)–C–C–N with tert-alkyl or cyclic N) is 1. The van der Waals surface area contributed by atoms with Crippen molar-refractivity contribution in [2.75, 3.05) is 26.3 Å². The van der Waals surface area contributed by atoms with Gasteiger partial charge in [0.05, 0.1) is 31.2 Å². The third kappa shape index (κ3) is 4.47. The van der Waals surface area contributed by atoms with Gasteiger partial charge in [-0.1, -0.05) is 25.5 Å². The van der Waals surface area contributed by atoms with Crippen molar-refractivity contribution in [3.63, 3.8) is 0 Å². The normalized spacial score (nSPS) is 30.8. The predicted octanol–water partition coefficient (Wildman–Crippen LogP) is 2.07. The van der Waals surface area contributed by atoms with E-state index in [-0.39, 0.29) is 37.6 Å². The lowest BCUT2D eigenvalue weighted by Crippen LogP contribution is -2.58.